The van der Waals surface area contributed by atoms with Crippen LogP contribution in [0.5, 0.6) is 0 Å². The molecular weight excluding hydrogens is 310 g/mol. The fourth-order valence-electron chi connectivity index (χ4n) is 2.71. The van der Waals surface area contributed by atoms with Crippen molar-refractivity contribution < 1.29 is 9.59 Å². The van der Waals surface area contributed by atoms with E-state index in [1.165, 1.54) is 11.2 Å². The molecule has 126 valence electrons. The highest BCUT2D eigenvalue weighted by molar-refractivity contribution is 5.80. The topological polar surface area (TPSA) is 119 Å². The summed E-state index contributed by atoms with van der Waals surface area (Å²) in [6.07, 6.45) is 6.24. The number of pyridine rings is 1. The minimum absolute atomic E-state index is 0.0682. The average Bonchev–Trinajstić information content (AvgIpc) is 3.15. The monoisotopic (exact) mass is 329 g/mol. The number of urea groups is 1. The molecule has 1 aliphatic rings. The number of aromatic nitrogens is 4. The first-order valence-corrected chi connectivity index (χ1v) is 7.75. The number of hydrogen-bond acceptors (Lipinski definition) is 5. The van der Waals surface area contributed by atoms with Gasteiger partial charge in [-0.3, -0.25) is 4.79 Å². The zero-order chi connectivity index (χ0) is 16.9. The number of likely N-dealkylation sites (tertiary alicyclic amines) is 1. The van der Waals surface area contributed by atoms with E-state index in [1.807, 2.05) is 12.1 Å². The van der Waals surface area contributed by atoms with Crippen molar-refractivity contribution in [2.24, 2.45) is 11.7 Å². The Kier molecular flexibility index (Phi) is 4.69. The Hall–Kier alpha value is -2.97. The van der Waals surface area contributed by atoms with Crippen LogP contribution >= 0.6 is 0 Å². The third kappa shape index (κ3) is 3.67. The molecular formula is C15H19N7O2. The highest BCUT2D eigenvalue weighted by atomic mass is 16.2. The van der Waals surface area contributed by atoms with Gasteiger partial charge in [-0.25, -0.2) is 19.4 Å². The molecule has 0 spiro atoms. The first-order chi connectivity index (χ1) is 11.6. The number of nitrogens with zero attached hydrogens (tertiary/aromatic N) is 5. The van der Waals surface area contributed by atoms with E-state index in [1.54, 1.807) is 17.2 Å². The van der Waals surface area contributed by atoms with Crippen LogP contribution in [0.15, 0.2) is 31.0 Å². The van der Waals surface area contributed by atoms with E-state index in [2.05, 4.69) is 20.4 Å². The number of carbonyl (C=O) groups is 2. The summed E-state index contributed by atoms with van der Waals surface area (Å²) in [5, 5.41) is 6.89. The SMILES string of the molecule is NC(=O)N1CCCC(C(=O)NCc2ccc(-n3cncn3)nc2)C1. The van der Waals surface area contributed by atoms with Gasteiger partial charge in [0.1, 0.15) is 12.7 Å². The van der Waals surface area contributed by atoms with Crippen molar-refractivity contribution in [1.29, 1.82) is 0 Å². The minimum atomic E-state index is -0.472. The molecule has 0 aliphatic carbocycles. The van der Waals surface area contributed by atoms with Gasteiger partial charge in [-0.2, -0.15) is 5.10 Å². The van der Waals surface area contributed by atoms with E-state index in [9.17, 15) is 9.59 Å². The Bertz CT molecular complexity index is 699. The Balaban J connectivity index is 1.53. The van der Waals surface area contributed by atoms with Crippen molar-refractivity contribution in [2.45, 2.75) is 19.4 Å². The summed E-state index contributed by atoms with van der Waals surface area (Å²) in [6.45, 7) is 1.38. The molecule has 0 saturated carbocycles. The number of rotatable bonds is 4. The zero-order valence-electron chi connectivity index (χ0n) is 13.1. The molecule has 2 aromatic rings. The van der Waals surface area contributed by atoms with Crippen molar-refractivity contribution in [3.8, 4) is 5.82 Å². The van der Waals surface area contributed by atoms with Gasteiger partial charge >= 0.3 is 6.03 Å². The van der Waals surface area contributed by atoms with Crippen LogP contribution in [-0.2, 0) is 11.3 Å². The van der Waals surface area contributed by atoms with Crippen LogP contribution < -0.4 is 11.1 Å². The van der Waals surface area contributed by atoms with Crippen LogP contribution in [0, 0.1) is 5.92 Å². The van der Waals surface area contributed by atoms with E-state index in [4.69, 9.17) is 5.73 Å². The molecule has 9 nitrogen and oxygen atoms in total. The van der Waals surface area contributed by atoms with Crippen LogP contribution in [0.3, 0.4) is 0 Å². The van der Waals surface area contributed by atoms with E-state index in [0.717, 1.165) is 18.4 Å². The second-order valence-electron chi connectivity index (χ2n) is 5.71. The van der Waals surface area contributed by atoms with Crippen molar-refractivity contribution >= 4 is 11.9 Å². The fraction of sp³-hybridized carbons (Fsp3) is 0.400. The number of piperidine rings is 1. The lowest BCUT2D eigenvalue weighted by atomic mass is 9.97. The number of primary amides is 1. The van der Waals surface area contributed by atoms with Gasteiger partial charge in [0.25, 0.3) is 0 Å². The van der Waals surface area contributed by atoms with Gasteiger partial charge in [0.05, 0.1) is 5.92 Å². The molecule has 3 amide bonds. The summed E-state index contributed by atoms with van der Waals surface area (Å²) >= 11 is 0. The summed E-state index contributed by atoms with van der Waals surface area (Å²) in [4.78, 5) is 33.2. The molecule has 3 N–H and O–H groups in total. The van der Waals surface area contributed by atoms with E-state index in [0.29, 0.717) is 25.5 Å². The van der Waals surface area contributed by atoms with Crippen LogP contribution in [-0.4, -0.2) is 49.7 Å². The van der Waals surface area contributed by atoms with Gasteiger partial charge < -0.3 is 16.0 Å². The Morgan fingerprint density at radius 3 is 2.92 bits per heavy atom. The predicted octanol–water partition coefficient (Wildman–Crippen LogP) is 0.0692. The van der Waals surface area contributed by atoms with Crippen LogP contribution in [0.1, 0.15) is 18.4 Å². The molecule has 3 heterocycles. The number of nitrogens with one attached hydrogen (secondary N) is 1. The van der Waals surface area contributed by atoms with Crippen molar-refractivity contribution in [1.82, 2.24) is 30.0 Å². The maximum absolute atomic E-state index is 12.3. The quantitative estimate of drug-likeness (QED) is 0.822. The van der Waals surface area contributed by atoms with Crippen LogP contribution in [0.25, 0.3) is 5.82 Å². The lowest BCUT2D eigenvalue weighted by Crippen LogP contribution is -2.47. The number of amides is 3. The molecule has 24 heavy (non-hydrogen) atoms. The highest BCUT2D eigenvalue weighted by Crippen LogP contribution is 2.16. The number of hydrogen-bond donors (Lipinski definition) is 2. The van der Waals surface area contributed by atoms with E-state index < -0.39 is 6.03 Å². The zero-order valence-corrected chi connectivity index (χ0v) is 13.1. The Morgan fingerprint density at radius 2 is 2.25 bits per heavy atom. The van der Waals surface area contributed by atoms with Gasteiger partial charge in [-0.15, -0.1) is 0 Å². The van der Waals surface area contributed by atoms with E-state index >= 15 is 0 Å². The largest absolute Gasteiger partial charge is 0.352 e. The molecule has 0 bridgehead atoms. The summed E-state index contributed by atoms with van der Waals surface area (Å²) in [5.41, 5.74) is 6.17. The third-order valence-corrected chi connectivity index (χ3v) is 4.03. The summed E-state index contributed by atoms with van der Waals surface area (Å²) in [6, 6.07) is 3.22. The summed E-state index contributed by atoms with van der Waals surface area (Å²) in [5.74, 6) is 0.377. The Labute approximate surface area is 138 Å². The molecule has 1 unspecified atom stereocenters. The molecule has 0 aromatic carbocycles. The molecule has 1 atom stereocenters. The smallest absolute Gasteiger partial charge is 0.314 e. The fourth-order valence-corrected chi connectivity index (χ4v) is 2.71. The molecule has 1 fully saturated rings. The first-order valence-electron chi connectivity index (χ1n) is 7.75. The molecule has 1 aliphatic heterocycles. The van der Waals surface area contributed by atoms with Crippen molar-refractivity contribution in [2.75, 3.05) is 13.1 Å². The second-order valence-corrected chi connectivity index (χ2v) is 5.71. The van der Waals surface area contributed by atoms with Crippen molar-refractivity contribution in [3.05, 3.63) is 36.5 Å². The molecule has 0 radical (unpaired) electrons. The molecule has 9 heteroatoms. The van der Waals surface area contributed by atoms with Gasteiger partial charge in [-0.05, 0) is 24.5 Å². The normalized spacial score (nSPS) is 17.5. The maximum atomic E-state index is 12.3. The first kappa shape index (κ1) is 15.9. The lowest BCUT2D eigenvalue weighted by Gasteiger charge is -2.30. The minimum Gasteiger partial charge on any atom is -0.352 e. The van der Waals surface area contributed by atoms with Gasteiger partial charge in [0.15, 0.2) is 5.82 Å². The summed E-state index contributed by atoms with van der Waals surface area (Å²) < 4.78 is 1.56. The van der Waals surface area contributed by atoms with Crippen LogP contribution in [0.4, 0.5) is 4.79 Å². The molecule has 2 aromatic heterocycles. The van der Waals surface area contributed by atoms with Crippen molar-refractivity contribution in [3.63, 3.8) is 0 Å². The predicted molar refractivity (Wildman–Crippen MR) is 84.9 cm³/mol. The van der Waals surface area contributed by atoms with Gasteiger partial charge in [0, 0.05) is 25.8 Å². The molecule has 3 rings (SSSR count). The third-order valence-electron chi connectivity index (χ3n) is 4.03. The number of nitrogens with two attached hydrogens (primary N) is 1. The van der Waals surface area contributed by atoms with Crippen LogP contribution in [0.2, 0.25) is 0 Å². The average molecular weight is 329 g/mol. The Morgan fingerprint density at radius 1 is 1.38 bits per heavy atom. The van der Waals surface area contributed by atoms with Gasteiger partial charge in [-0.1, -0.05) is 6.07 Å². The molecule has 1 saturated heterocycles. The standard InChI is InChI=1S/C15H19N7O2/c16-15(24)21-5-1-2-12(8-21)14(23)19-7-11-3-4-13(18-6-11)22-10-17-9-20-22/h3-4,6,9-10,12H,1-2,5,7-8H2,(H2,16,24)(H,19,23). The van der Waals surface area contributed by atoms with Gasteiger partial charge in [0.2, 0.25) is 5.91 Å². The number of carbonyl (C=O) groups excluding carboxylic acids is 2. The highest BCUT2D eigenvalue weighted by Gasteiger charge is 2.27. The second kappa shape index (κ2) is 7.07. The lowest BCUT2D eigenvalue weighted by molar-refractivity contribution is -0.126. The maximum Gasteiger partial charge on any atom is 0.314 e. The van der Waals surface area contributed by atoms with E-state index in [-0.39, 0.29) is 11.8 Å². The summed E-state index contributed by atoms with van der Waals surface area (Å²) in [7, 11) is 0.